The van der Waals surface area contributed by atoms with Gasteiger partial charge >= 0.3 is 11.9 Å². The van der Waals surface area contributed by atoms with Crippen molar-refractivity contribution in [2.45, 2.75) is 0 Å². The van der Waals surface area contributed by atoms with Crippen LogP contribution in [0, 0.1) is 7.53 Å². The number of ether oxygens (including phenoxy) is 2. The Balaban J connectivity index is 0.000000224. The van der Waals surface area contributed by atoms with Gasteiger partial charge in [-0.25, -0.2) is 19.6 Å². The van der Waals surface area contributed by atoms with E-state index in [1.165, 1.54) is 20.4 Å². The van der Waals surface area contributed by atoms with Crippen LogP contribution in [0.2, 0.25) is 0 Å². The average molecular weight is 532 g/mol. The molecule has 0 atom stereocenters. The average Bonchev–Trinajstić information content (AvgIpc) is 3.02. The van der Waals surface area contributed by atoms with Crippen LogP contribution in [0.5, 0.6) is 0 Å². The lowest BCUT2D eigenvalue weighted by Crippen LogP contribution is -2.09. The van der Waals surface area contributed by atoms with E-state index in [4.69, 9.17) is 0 Å². The molecule has 22 heavy (non-hydrogen) atoms. The minimum absolute atomic E-state index is 0.350. The molecule has 0 aromatic carbocycles. The van der Waals surface area contributed by atoms with Crippen molar-refractivity contribution in [2.75, 3.05) is 14.2 Å². The van der Waals surface area contributed by atoms with Crippen LogP contribution in [0.4, 0.5) is 0 Å². The molecule has 120 valence electrons. The highest BCUT2D eigenvalue weighted by molar-refractivity contribution is 14.1. The fraction of sp³-hybridized carbons (Fsp3) is 0.333. The van der Waals surface area contributed by atoms with Crippen LogP contribution in [0.3, 0.4) is 0 Å². The molecule has 2 aromatic rings. The van der Waals surface area contributed by atoms with E-state index in [1.807, 2.05) is 22.6 Å². The van der Waals surface area contributed by atoms with E-state index >= 15 is 0 Å². The topological polar surface area (TPSA) is 88.2 Å². The maximum absolute atomic E-state index is 11.2. The first-order valence-electron chi connectivity index (χ1n) is 5.84. The third kappa shape index (κ3) is 4.41. The van der Waals surface area contributed by atoms with Gasteiger partial charge in [0, 0.05) is 14.1 Å². The number of esters is 2. The Labute approximate surface area is 154 Å². The van der Waals surface area contributed by atoms with Crippen LogP contribution in [0.25, 0.3) is 0 Å². The van der Waals surface area contributed by atoms with E-state index < -0.39 is 0 Å². The predicted octanol–water partition coefficient (Wildman–Crippen LogP) is 1.62. The van der Waals surface area contributed by atoms with Gasteiger partial charge in [-0.2, -0.15) is 0 Å². The molecular formula is C12H14I2N4O4. The Morgan fingerprint density at radius 2 is 1.73 bits per heavy atom. The fourth-order valence-corrected chi connectivity index (χ4v) is 3.17. The lowest BCUT2D eigenvalue weighted by molar-refractivity contribution is 0.0580. The lowest BCUT2D eigenvalue weighted by atomic mass is 10.5. The molecule has 0 aliphatic carbocycles. The van der Waals surface area contributed by atoms with Gasteiger partial charge in [0.2, 0.25) is 0 Å². The zero-order chi connectivity index (χ0) is 16.9. The maximum atomic E-state index is 11.2. The van der Waals surface area contributed by atoms with Gasteiger partial charge in [0.25, 0.3) is 0 Å². The van der Waals surface area contributed by atoms with Crippen molar-refractivity contribution in [3.05, 3.63) is 31.4 Å². The highest BCUT2D eigenvalue weighted by Crippen LogP contribution is 2.15. The fourth-order valence-electron chi connectivity index (χ4n) is 1.42. The number of aromatic nitrogens is 4. The Hall–Kier alpha value is -1.18. The minimum Gasteiger partial charge on any atom is -0.464 e. The summed E-state index contributed by atoms with van der Waals surface area (Å²) in [6.07, 6.45) is 3.01. The van der Waals surface area contributed by atoms with Crippen molar-refractivity contribution >= 4 is 57.1 Å². The van der Waals surface area contributed by atoms with Gasteiger partial charge in [-0.3, -0.25) is 0 Å². The predicted molar refractivity (Wildman–Crippen MR) is 94.5 cm³/mol. The monoisotopic (exact) mass is 532 g/mol. The van der Waals surface area contributed by atoms with E-state index in [2.05, 4.69) is 42.0 Å². The molecule has 0 aliphatic heterocycles. The van der Waals surface area contributed by atoms with Gasteiger partial charge in [0.1, 0.15) is 9.39 Å². The number of carbonyl (C=O) groups is 2. The largest absolute Gasteiger partial charge is 0.464 e. The Morgan fingerprint density at radius 3 is 2.09 bits per heavy atom. The molecule has 0 spiro atoms. The SMILES string of the molecule is COC(=O)c1c(I)nc(I)n1C.COC(=O)c1cncn1C. The standard InChI is InChI=1S/C6H6I2N2O2.C6H8N2O2/c1-10-3(5(11)12-2)4(7)9-6(10)8;1-8-4-7-3-5(8)6(9)10-2/h1-2H3;3-4H,1-2H3. The first-order valence-corrected chi connectivity index (χ1v) is 7.99. The van der Waals surface area contributed by atoms with Crippen molar-refractivity contribution < 1.29 is 19.1 Å². The Bertz CT molecular complexity index is 681. The number of aryl methyl sites for hydroxylation is 1. The number of hydrogen-bond donors (Lipinski definition) is 0. The van der Waals surface area contributed by atoms with Crippen LogP contribution in [-0.4, -0.2) is 45.3 Å². The molecule has 0 bridgehead atoms. The molecule has 8 nitrogen and oxygen atoms in total. The molecule has 2 aromatic heterocycles. The van der Waals surface area contributed by atoms with Crippen LogP contribution < -0.4 is 0 Å². The molecular weight excluding hydrogens is 518 g/mol. The van der Waals surface area contributed by atoms with E-state index in [0.29, 0.717) is 15.1 Å². The van der Waals surface area contributed by atoms with Gasteiger partial charge < -0.3 is 18.6 Å². The maximum Gasteiger partial charge on any atom is 0.357 e. The summed E-state index contributed by atoms with van der Waals surface area (Å²) in [4.78, 5) is 29.9. The van der Waals surface area contributed by atoms with Crippen molar-refractivity contribution in [1.82, 2.24) is 19.1 Å². The number of hydrogen-bond acceptors (Lipinski definition) is 6. The van der Waals surface area contributed by atoms with Crippen LogP contribution in [0.15, 0.2) is 12.5 Å². The number of nitrogens with zero attached hydrogens (tertiary/aromatic N) is 4. The smallest absolute Gasteiger partial charge is 0.357 e. The third-order valence-corrected chi connectivity index (χ3v) is 4.30. The molecule has 2 heterocycles. The summed E-state index contributed by atoms with van der Waals surface area (Å²) in [5.41, 5.74) is 0.963. The first-order chi connectivity index (χ1) is 10.3. The molecule has 0 amide bonds. The summed E-state index contributed by atoms with van der Waals surface area (Å²) in [7, 11) is 6.22. The first kappa shape index (κ1) is 18.9. The number of methoxy groups -OCH3 is 2. The van der Waals surface area contributed by atoms with Gasteiger partial charge in [0.05, 0.1) is 26.7 Å². The van der Waals surface area contributed by atoms with E-state index in [1.54, 1.807) is 29.6 Å². The zero-order valence-corrected chi connectivity index (χ0v) is 16.6. The minimum atomic E-state index is -0.361. The Kier molecular flexibility index (Phi) is 7.25. The second-order valence-electron chi connectivity index (χ2n) is 3.95. The van der Waals surface area contributed by atoms with E-state index in [-0.39, 0.29) is 11.9 Å². The van der Waals surface area contributed by atoms with Gasteiger partial charge in [0.15, 0.2) is 9.53 Å². The van der Waals surface area contributed by atoms with Crippen LogP contribution in [0.1, 0.15) is 21.0 Å². The van der Waals surface area contributed by atoms with Crippen molar-refractivity contribution in [3.8, 4) is 0 Å². The number of halogens is 2. The second kappa shape index (κ2) is 8.45. The third-order valence-electron chi connectivity index (χ3n) is 2.59. The van der Waals surface area contributed by atoms with Gasteiger partial charge in [-0.1, -0.05) is 0 Å². The quantitative estimate of drug-likeness (QED) is 0.432. The molecule has 0 radical (unpaired) electrons. The molecule has 0 unspecified atom stereocenters. The summed E-state index contributed by atoms with van der Waals surface area (Å²) in [5.74, 6) is -0.711. The summed E-state index contributed by atoms with van der Waals surface area (Å²) in [6, 6.07) is 0. The van der Waals surface area contributed by atoms with Crippen LogP contribution in [-0.2, 0) is 23.6 Å². The van der Waals surface area contributed by atoms with Crippen molar-refractivity contribution in [1.29, 1.82) is 0 Å². The molecule has 0 fully saturated rings. The number of carbonyl (C=O) groups excluding carboxylic acids is 2. The number of rotatable bonds is 2. The number of imidazole rings is 2. The summed E-state index contributed by atoms with van der Waals surface area (Å²) in [6.45, 7) is 0. The van der Waals surface area contributed by atoms with Crippen LogP contribution >= 0.6 is 45.2 Å². The molecule has 0 saturated carbocycles. The normalized spacial score (nSPS) is 9.73. The van der Waals surface area contributed by atoms with E-state index in [9.17, 15) is 9.59 Å². The highest BCUT2D eigenvalue weighted by atomic mass is 127. The molecule has 0 N–H and O–H groups in total. The molecule has 0 aliphatic rings. The lowest BCUT2D eigenvalue weighted by Gasteiger charge is -2.00. The highest BCUT2D eigenvalue weighted by Gasteiger charge is 2.18. The summed E-state index contributed by atoms with van der Waals surface area (Å²) >= 11 is 4.07. The summed E-state index contributed by atoms with van der Waals surface area (Å²) < 4.78 is 13.8. The molecule has 10 heteroatoms. The van der Waals surface area contributed by atoms with Gasteiger partial charge in [-0.15, -0.1) is 0 Å². The second-order valence-corrected chi connectivity index (χ2v) is 5.94. The molecule has 0 saturated heterocycles. The van der Waals surface area contributed by atoms with Gasteiger partial charge in [-0.05, 0) is 45.2 Å². The zero-order valence-electron chi connectivity index (χ0n) is 12.3. The van der Waals surface area contributed by atoms with Crippen molar-refractivity contribution in [3.63, 3.8) is 0 Å². The molecule has 2 rings (SSSR count). The van der Waals surface area contributed by atoms with E-state index in [0.717, 1.165) is 3.83 Å². The van der Waals surface area contributed by atoms with Crippen molar-refractivity contribution in [2.24, 2.45) is 14.1 Å². The summed E-state index contributed by atoms with van der Waals surface area (Å²) in [5, 5.41) is 0. The Morgan fingerprint density at radius 1 is 1.14 bits per heavy atom.